The van der Waals surface area contributed by atoms with Gasteiger partial charge >= 0.3 is 18.9 Å². The van der Waals surface area contributed by atoms with Gasteiger partial charge in [0.25, 0.3) is 0 Å². The van der Waals surface area contributed by atoms with Crippen LogP contribution in [0, 0.1) is 5.41 Å². The van der Waals surface area contributed by atoms with E-state index in [-0.39, 0.29) is 25.0 Å². The van der Waals surface area contributed by atoms with Gasteiger partial charge in [0.1, 0.15) is 12.7 Å². The Labute approximate surface area is 142 Å². The molecule has 0 unspecified atom stereocenters. The Morgan fingerprint density at radius 1 is 1.41 bits per heavy atom. The number of ether oxygens (including phenoxy) is 2. The zero-order valence-electron chi connectivity index (χ0n) is 13.2. The SMILES string of the molecule is C[C@]1(C(=O)[O-])CCCN(C[C@H]2COc3ccccc3O2)C1.[Li+]. The van der Waals surface area contributed by atoms with E-state index in [1.54, 1.807) is 6.92 Å². The van der Waals surface area contributed by atoms with Gasteiger partial charge in [-0.1, -0.05) is 19.1 Å². The van der Waals surface area contributed by atoms with E-state index in [0.717, 1.165) is 24.5 Å². The molecule has 0 spiro atoms. The van der Waals surface area contributed by atoms with Gasteiger partial charge in [0, 0.05) is 24.5 Å². The molecule has 1 fully saturated rings. The molecule has 2 aliphatic rings. The molecule has 2 aliphatic heterocycles. The van der Waals surface area contributed by atoms with Crippen molar-refractivity contribution in [3.63, 3.8) is 0 Å². The second-order valence-electron chi connectivity index (χ2n) is 6.18. The molecule has 1 aromatic rings. The van der Waals surface area contributed by atoms with E-state index in [1.165, 1.54) is 0 Å². The van der Waals surface area contributed by atoms with Crippen molar-refractivity contribution in [2.24, 2.45) is 5.41 Å². The first-order valence-electron chi connectivity index (χ1n) is 7.39. The van der Waals surface area contributed by atoms with Crippen molar-refractivity contribution >= 4 is 5.97 Å². The van der Waals surface area contributed by atoms with E-state index in [1.807, 2.05) is 24.3 Å². The van der Waals surface area contributed by atoms with Crippen LogP contribution in [0.5, 0.6) is 11.5 Å². The monoisotopic (exact) mass is 297 g/mol. The number of rotatable bonds is 3. The van der Waals surface area contributed by atoms with Crippen LogP contribution in [-0.2, 0) is 4.79 Å². The van der Waals surface area contributed by atoms with Crippen LogP contribution in [0.25, 0.3) is 0 Å². The third kappa shape index (κ3) is 3.60. The molecular formula is C16H20LiNO4. The Kier molecular flexibility index (Phi) is 5.44. The van der Waals surface area contributed by atoms with Crippen molar-refractivity contribution in [2.75, 3.05) is 26.2 Å². The zero-order chi connectivity index (χ0) is 14.9. The van der Waals surface area contributed by atoms with Crippen LogP contribution >= 0.6 is 0 Å². The number of carboxylic acid groups (broad SMARTS) is 1. The summed E-state index contributed by atoms with van der Waals surface area (Å²) in [7, 11) is 0. The van der Waals surface area contributed by atoms with Crippen LogP contribution in [0.4, 0.5) is 0 Å². The van der Waals surface area contributed by atoms with Gasteiger partial charge in [-0.3, -0.25) is 4.90 Å². The standard InChI is InChI=1S/C16H21NO4.Li/c1-16(15(18)19)7-4-8-17(11-16)9-12-10-20-13-5-2-3-6-14(13)21-12;/h2-3,5-6,12H,4,7-11H2,1H3,(H,18,19);/q;+1/p-1/t12-,16-;/m0./s1. The van der Waals surface area contributed by atoms with E-state index >= 15 is 0 Å². The fourth-order valence-corrected chi connectivity index (χ4v) is 3.11. The Hall–Kier alpha value is -1.15. The van der Waals surface area contributed by atoms with Gasteiger partial charge < -0.3 is 19.4 Å². The first-order chi connectivity index (χ1) is 10.1. The summed E-state index contributed by atoms with van der Waals surface area (Å²) in [5.41, 5.74) is -0.758. The number of hydrogen-bond acceptors (Lipinski definition) is 5. The predicted molar refractivity (Wildman–Crippen MR) is 75.1 cm³/mol. The van der Waals surface area contributed by atoms with Gasteiger partial charge in [-0.05, 0) is 31.5 Å². The molecule has 2 atom stereocenters. The minimum atomic E-state index is -0.960. The number of likely N-dealkylation sites (tertiary alicyclic amines) is 1. The van der Waals surface area contributed by atoms with Crippen molar-refractivity contribution in [1.29, 1.82) is 0 Å². The number of piperidine rings is 1. The smallest absolute Gasteiger partial charge is 0.550 e. The maximum Gasteiger partial charge on any atom is 1.00 e. The third-order valence-electron chi connectivity index (χ3n) is 4.30. The summed E-state index contributed by atoms with van der Waals surface area (Å²) in [4.78, 5) is 13.4. The average Bonchev–Trinajstić information content (AvgIpc) is 2.47. The molecule has 1 aromatic carbocycles. The second kappa shape index (κ2) is 6.95. The predicted octanol–water partition coefficient (Wildman–Crippen LogP) is -2.32. The van der Waals surface area contributed by atoms with Crippen LogP contribution in [0.15, 0.2) is 24.3 Å². The molecule has 1 saturated heterocycles. The van der Waals surface area contributed by atoms with Gasteiger partial charge in [-0.15, -0.1) is 0 Å². The first kappa shape index (κ1) is 17.2. The molecule has 0 saturated carbocycles. The average molecular weight is 297 g/mol. The molecule has 0 amide bonds. The minimum absolute atomic E-state index is 0. The van der Waals surface area contributed by atoms with Crippen LogP contribution in [-0.4, -0.2) is 43.2 Å². The number of para-hydroxylation sites is 2. The molecule has 114 valence electrons. The van der Waals surface area contributed by atoms with Crippen LogP contribution in [0.1, 0.15) is 19.8 Å². The van der Waals surface area contributed by atoms with Crippen molar-refractivity contribution in [2.45, 2.75) is 25.9 Å². The Balaban J connectivity index is 0.00000176. The van der Waals surface area contributed by atoms with Crippen molar-refractivity contribution in [3.05, 3.63) is 24.3 Å². The zero-order valence-corrected chi connectivity index (χ0v) is 13.2. The normalized spacial score (nSPS) is 27.8. The quantitative estimate of drug-likeness (QED) is 0.586. The summed E-state index contributed by atoms with van der Waals surface area (Å²) in [5, 5.41) is 11.3. The van der Waals surface area contributed by atoms with Crippen LogP contribution < -0.4 is 33.4 Å². The molecule has 5 nitrogen and oxygen atoms in total. The van der Waals surface area contributed by atoms with Crippen molar-refractivity contribution in [3.8, 4) is 11.5 Å². The van der Waals surface area contributed by atoms with E-state index in [4.69, 9.17) is 9.47 Å². The number of carbonyl (C=O) groups is 1. The van der Waals surface area contributed by atoms with Crippen molar-refractivity contribution < 1.29 is 38.2 Å². The largest absolute Gasteiger partial charge is 1.00 e. The van der Waals surface area contributed by atoms with E-state index in [0.29, 0.717) is 26.1 Å². The van der Waals surface area contributed by atoms with Crippen LogP contribution in [0.2, 0.25) is 0 Å². The number of nitrogens with zero attached hydrogens (tertiary/aromatic N) is 1. The number of benzene rings is 1. The van der Waals surface area contributed by atoms with Gasteiger partial charge in [-0.2, -0.15) is 0 Å². The molecule has 3 rings (SSSR count). The summed E-state index contributed by atoms with van der Waals surface area (Å²) in [6.45, 7) is 4.34. The van der Waals surface area contributed by atoms with Crippen LogP contribution in [0.3, 0.4) is 0 Å². The fourth-order valence-electron chi connectivity index (χ4n) is 3.11. The molecule has 22 heavy (non-hydrogen) atoms. The van der Waals surface area contributed by atoms with Gasteiger partial charge in [0.05, 0.1) is 0 Å². The Bertz CT molecular complexity index is 539. The van der Waals surface area contributed by atoms with Gasteiger partial charge in [-0.25, -0.2) is 0 Å². The van der Waals surface area contributed by atoms with E-state index in [2.05, 4.69) is 4.90 Å². The Morgan fingerprint density at radius 2 is 2.14 bits per heavy atom. The number of hydrogen-bond donors (Lipinski definition) is 0. The summed E-state index contributed by atoms with van der Waals surface area (Å²) < 4.78 is 11.6. The summed E-state index contributed by atoms with van der Waals surface area (Å²) in [5.74, 6) is 0.568. The summed E-state index contributed by atoms with van der Waals surface area (Å²) in [6.07, 6.45) is 1.48. The first-order valence-corrected chi connectivity index (χ1v) is 7.39. The second-order valence-corrected chi connectivity index (χ2v) is 6.18. The number of carboxylic acids is 1. The molecule has 0 aromatic heterocycles. The summed E-state index contributed by atoms with van der Waals surface area (Å²) in [6, 6.07) is 7.61. The minimum Gasteiger partial charge on any atom is -0.550 e. The molecule has 6 heteroatoms. The van der Waals surface area contributed by atoms with Gasteiger partial charge in [0.2, 0.25) is 0 Å². The molecular weight excluding hydrogens is 277 g/mol. The number of aliphatic carboxylic acids is 1. The maximum absolute atomic E-state index is 11.3. The topological polar surface area (TPSA) is 61.8 Å². The fraction of sp³-hybridized carbons (Fsp3) is 0.562. The Morgan fingerprint density at radius 3 is 2.86 bits per heavy atom. The van der Waals surface area contributed by atoms with E-state index in [9.17, 15) is 9.90 Å². The molecule has 2 heterocycles. The summed E-state index contributed by atoms with van der Waals surface area (Å²) >= 11 is 0. The number of carbonyl (C=O) groups excluding carboxylic acids is 1. The molecule has 0 aliphatic carbocycles. The molecule has 0 bridgehead atoms. The van der Waals surface area contributed by atoms with Gasteiger partial charge in [0.15, 0.2) is 11.5 Å². The third-order valence-corrected chi connectivity index (χ3v) is 4.30. The molecule has 0 radical (unpaired) electrons. The van der Waals surface area contributed by atoms with E-state index < -0.39 is 11.4 Å². The number of fused-ring (bicyclic) bond motifs is 1. The molecule has 0 N–H and O–H groups in total. The van der Waals surface area contributed by atoms with Crippen molar-refractivity contribution in [1.82, 2.24) is 4.90 Å². The maximum atomic E-state index is 11.3.